The predicted molar refractivity (Wildman–Crippen MR) is 308 cm³/mol. The van der Waals surface area contributed by atoms with Crippen LogP contribution < -0.4 is 0 Å². The Bertz CT molecular complexity index is 1280. The fourth-order valence-electron chi connectivity index (χ4n) is 10.9. The topological polar surface area (TPSA) is 214 Å². The molecule has 2 heterocycles. The molecule has 0 saturated carbocycles. The van der Waals surface area contributed by atoms with E-state index in [4.69, 9.17) is 28.4 Å². The minimum Gasteiger partial charge on any atom is -0.457 e. The quantitative estimate of drug-likeness (QED) is 0.0223. The average molecular weight is 1100 g/mol. The van der Waals surface area contributed by atoms with Crippen LogP contribution in [0.3, 0.4) is 0 Å². The molecular formula is C63H122O14. The molecule has 77 heavy (non-hydrogen) atoms. The van der Waals surface area contributed by atoms with Gasteiger partial charge in [-0.2, -0.15) is 0 Å². The normalized spacial score (nSPS) is 24.2. The third kappa shape index (κ3) is 36.9. The van der Waals surface area contributed by atoms with Crippen LogP contribution in [0.25, 0.3) is 0 Å². The second-order valence-corrected chi connectivity index (χ2v) is 23.3. The highest BCUT2D eigenvalue weighted by Crippen LogP contribution is 2.27. The van der Waals surface area contributed by atoms with E-state index in [-0.39, 0.29) is 25.6 Å². The van der Waals surface area contributed by atoms with E-state index in [9.17, 15) is 40.5 Å². The fraction of sp³-hybridized carbons (Fsp3) is 0.984. The SMILES string of the molecule is CCCCCCCCCCCCCCCCCCCCCCCCCCCC(=O)OC(COCCCCCCCCCCCCCCCCCCCC)COC1OC(COC2OC(CO)C(O)C(O)C2O)C(O)C(O)C1O. The van der Waals surface area contributed by atoms with Gasteiger partial charge in [-0.15, -0.1) is 0 Å². The minimum atomic E-state index is -1.70. The molecule has 0 aromatic rings. The van der Waals surface area contributed by atoms with Gasteiger partial charge in [0, 0.05) is 13.0 Å². The summed E-state index contributed by atoms with van der Waals surface area (Å²) in [6.45, 7) is 3.78. The van der Waals surface area contributed by atoms with Gasteiger partial charge < -0.3 is 64.2 Å². The van der Waals surface area contributed by atoms with Gasteiger partial charge in [-0.3, -0.25) is 4.79 Å². The Kier molecular flexibility index (Phi) is 47.5. The van der Waals surface area contributed by atoms with E-state index in [1.54, 1.807) is 0 Å². The number of esters is 1. The van der Waals surface area contributed by atoms with E-state index in [1.807, 2.05) is 0 Å². The lowest BCUT2D eigenvalue weighted by Crippen LogP contribution is -2.61. The molecular weight excluding hydrogens is 981 g/mol. The molecule has 0 radical (unpaired) electrons. The lowest BCUT2D eigenvalue weighted by atomic mass is 9.98. The molecule has 2 saturated heterocycles. The molecule has 458 valence electrons. The van der Waals surface area contributed by atoms with Crippen LogP contribution >= 0.6 is 0 Å². The number of unbranched alkanes of at least 4 members (excludes halogenated alkanes) is 41. The average Bonchev–Trinajstić information content (AvgIpc) is 3.43. The van der Waals surface area contributed by atoms with Gasteiger partial charge in [-0.25, -0.2) is 0 Å². The van der Waals surface area contributed by atoms with Gasteiger partial charge >= 0.3 is 5.97 Å². The molecule has 14 heteroatoms. The summed E-state index contributed by atoms with van der Waals surface area (Å²) < 4.78 is 34.5. The second-order valence-electron chi connectivity index (χ2n) is 23.3. The lowest BCUT2D eigenvalue weighted by Gasteiger charge is -2.42. The van der Waals surface area contributed by atoms with E-state index in [1.165, 1.54) is 231 Å². The Morgan fingerprint density at radius 3 is 1.05 bits per heavy atom. The molecule has 0 aromatic heterocycles. The minimum absolute atomic E-state index is 0.0712. The first-order valence-electron chi connectivity index (χ1n) is 32.6. The summed E-state index contributed by atoms with van der Waals surface area (Å²) in [4.78, 5) is 13.1. The van der Waals surface area contributed by atoms with Gasteiger partial charge in [0.15, 0.2) is 12.6 Å². The van der Waals surface area contributed by atoms with E-state index >= 15 is 0 Å². The summed E-state index contributed by atoms with van der Waals surface area (Å²) in [6, 6.07) is 0. The maximum absolute atomic E-state index is 13.1. The van der Waals surface area contributed by atoms with Crippen molar-refractivity contribution in [3.05, 3.63) is 0 Å². The number of rotatable bonds is 55. The van der Waals surface area contributed by atoms with Crippen LogP contribution in [-0.2, 0) is 33.2 Å². The van der Waals surface area contributed by atoms with Crippen molar-refractivity contribution in [3.8, 4) is 0 Å². The Morgan fingerprint density at radius 2 is 0.688 bits per heavy atom. The number of hydrogen-bond acceptors (Lipinski definition) is 14. The third-order valence-electron chi connectivity index (χ3n) is 16.1. The van der Waals surface area contributed by atoms with Crippen molar-refractivity contribution in [3.63, 3.8) is 0 Å². The zero-order chi connectivity index (χ0) is 55.8. The van der Waals surface area contributed by atoms with Crippen molar-refractivity contribution in [1.82, 2.24) is 0 Å². The number of carbonyl (C=O) groups excluding carboxylic acids is 1. The molecule has 0 spiro atoms. The highest BCUT2D eigenvalue weighted by atomic mass is 16.7. The van der Waals surface area contributed by atoms with Crippen LogP contribution in [0.15, 0.2) is 0 Å². The molecule has 11 unspecified atom stereocenters. The monoisotopic (exact) mass is 1100 g/mol. The molecule has 2 fully saturated rings. The number of hydrogen-bond donors (Lipinski definition) is 7. The predicted octanol–water partition coefficient (Wildman–Crippen LogP) is 12.8. The van der Waals surface area contributed by atoms with Crippen LogP contribution in [0.4, 0.5) is 0 Å². The Balaban J connectivity index is 1.65. The largest absolute Gasteiger partial charge is 0.457 e. The van der Waals surface area contributed by atoms with Crippen molar-refractivity contribution in [2.45, 2.75) is 364 Å². The molecule has 2 aliphatic heterocycles. The van der Waals surface area contributed by atoms with Gasteiger partial charge in [-0.05, 0) is 12.8 Å². The first kappa shape index (κ1) is 72.1. The molecule has 0 bridgehead atoms. The highest BCUT2D eigenvalue weighted by Gasteiger charge is 2.47. The maximum atomic E-state index is 13.1. The van der Waals surface area contributed by atoms with Crippen molar-refractivity contribution in [2.75, 3.05) is 33.0 Å². The first-order chi connectivity index (χ1) is 37.6. The van der Waals surface area contributed by atoms with E-state index in [0.717, 1.165) is 44.9 Å². The summed E-state index contributed by atoms with van der Waals surface area (Å²) in [5.74, 6) is -0.365. The smallest absolute Gasteiger partial charge is 0.306 e. The molecule has 11 atom stereocenters. The third-order valence-corrected chi connectivity index (χ3v) is 16.1. The lowest BCUT2D eigenvalue weighted by molar-refractivity contribution is -0.332. The molecule has 0 aliphatic carbocycles. The molecule has 2 rings (SSSR count). The number of ether oxygens (including phenoxy) is 6. The van der Waals surface area contributed by atoms with Crippen LogP contribution in [0, 0.1) is 0 Å². The van der Waals surface area contributed by atoms with Gasteiger partial charge in [0.1, 0.15) is 54.9 Å². The van der Waals surface area contributed by atoms with Gasteiger partial charge in [0.25, 0.3) is 0 Å². The van der Waals surface area contributed by atoms with Gasteiger partial charge in [0.05, 0.1) is 26.4 Å². The Labute approximate surface area is 470 Å². The van der Waals surface area contributed by atoms with E-state index < -0.39 is 80.7 Å². The zero-order valence-corrected chi connectivity index (χ0v) is 49.5. The first-order valence-corrected chi connectivity index (χ1v) is 32.6. The molecule has 0 amide bonds. The Morgan fingerprint density at radius 1 is 0.377 bits per heavy atom. The summed E-state index contributed by atoms with van der Waals surface area (Å²) in [5, 5.41) is 72.5. The molecule has 0 aromatic carbocycles. The highest BCUT2D eigenvalue weighted by molar-refractivity contribution is 5.69. The summed E-state index contributed by atoms with van der Waals surface area (Å²) in [6.07, 6.45) is 40.3. The summed E-state index contributed by atoms with van der Waals surface area (Å²) in [7, 11) is 0. The zero-order valence-electron chi connectivity index (χ0n) is 49.5. The standard InChI is InChI=1S/C63H122O14/c1-3-5-7-9-11-13-15-17-19-21-23-24-25-26-27-28-29-30-32-34-36-38-40-42-44-46-55(65)75-52(49-72-47-45-43-41-39-37-35-33-31-22-20-18-16-14-12-10-8-6-4-2)50-73-62-61(71)59(69)57(67)54(77-62)51-74-63-60(70)58(68)56(66)53(48-64)76-63/h52-54,56-64,66-71H,3-51H2,1-2H3. The maximum Gasteiger partial charge on any atom is 0.306 e. The van der Waals surface area contributed by atoms with Crippen molar-refractivity contribution in [1.29, 1.82) is 0 Å². The summed E-state index contributed by atoms with van der Waals surface area (Å²) in [5.41, 5.74) is 0. The fourth-order valence-corrected chi connectivity index (χ4v) is 10.9. The second kappa shape index (κ2) is 50.7. The molecule has 7 N–H and O–H groups in total. The number of aliphatic hydroxyl groups is 7. The van der Waals surface area contributed by atoms with Crippen LogP contribution in [0.5, 0.6) is 0 Å². The van der Waals surface area contributed by atoms with Crippen LogP contribution in [0.1, 0.15) is 296 Å². The molecule has 14 nitrogen and oxygen atoms in total. The Hall–Kier alpha value is -1.01. The van der Waals surface area contributed by atoms with E-state index in [0.29, 0.717) is 6.61 Å². The molecule has 2 aliphatic rings. The van der Waals surface area contributed by atoms with Crippen molar-refractivity contribution in [2.24, 2.45) is 0 Å². The van der Waals surface area contributed by atoms with Gasteiger partial charge in [-0.1, -0.05) is 277 Å². The van der Waals surface area contributed by atoms with Crippen LogP contribution in [-0.4, -0.2) is 142 Å². The van der Waals surface area contributed by atoms with E-state index in [2.05, 4.69) is 13.8 Å². The van der Waals surface area contributed by atoms with Crippen LogP contribution in [0.2, 0.25) is 0 Å². The van der Waals surface area contributed by atoms with Crippen molar-refractivity contribution >= 4 is 5.97 Å². The van der Waals surface area contributed by atoms with Gasteiger partial charge in [0.2, 0.25) is 0 Å². The number of aliphatic hydroxyl groups excluding tert-OH is 7. The number of carbonyl (C=O) groups is 1. The summed E-state index contributed by atoms with van der Waals surface area (Å²) >= 11 is 0. The van der Waals surface area contributed by atoms with Crippen molar-refractivity contribution < 1.29 is 69.0 Å².